The minimum absolute atomic E-state index is 0.433. The number of anilines is 1. The van der Waals surface area contributed by atoms with E-state index in [-0.39, 0.29) is 0 Å². The van der Waals surface area contributed by atoms with Crippen molar-refractivity contribution in [2.75, 3.05) is 18.5 Å². The first kappa shape index (κ1) is 14.9. The van der Waals surface area contributed by atoms with Gasteiger partial charge in [0.1, 0.15) is 0 Å². The lowest BCUT2D eigenvalue weighted by molar-refractivity contribution is -0.137. The summed E-state index contributed by atoms with van der Waals surface area (Å²) in [5, 5.41) is 0. The van der Waals surface area contributed by atoms with Gasteiger partial charge in [0.05, 0.1) is 5.56 Å². The molecule has 116 valence electrons. The fourth-order valence-electron chi connectivity index (χ4n) is 3.35. The first-order valence-electron chi connectivity index (χ1n) is 7.22. The molecule has 0 bridgehead atoms. The molecule has 0 spiro atoms. The fraction of sp³-hybridized carbons (Fsp3) is 0.333. The molecule has 3 rings (SSSR count). The zero-order valence-electron chi connectivity index (χ0n) is 12.8. The first-order chi connectivity index (χ1) is 10.2. The number of hydrogen-bond acceptors (Lipinski definition) is 1. The monoisotopic (exact) mass is 305 g/mol. The van der Waals surface area contributed by atoms with Crippen molar-refractivity contribution in [2.24, 2.45) is 0 Å². The Labute approximate surface area is 128 Å². The van der Waals surface area contributed by atoms with E-state index in [0.717, 1.165) is 22.9 Å². The molecule has 1 heterocycles. The van der Waals surface area contributed by atoms with Crippen molar-refractivity contribution in [3.05, 3.63) is 64.7 Å². The molecule has 1 aliphatic rings. The van der Waals surface area contributed by atoms with Gasteiger partial charge in [-0.25, -0.2) is 0 Å². The van der Waals surface area contributed by atoms with Crippen LogP contribution < -0.4 is 4.90 Å². The molecule has 1 aliphatic heterocycles. The molecular weight excluding hydrogens is 287 g/mol. The Kier molecular flexibility index (Phi) is 3.24. The second kappa shape index (κ2) is 4.77. The molecule has 0 saturated heterocycles. The standard InChI is InChI=1S/C18H18F3N/c1-12-7-8-16-15(9-12)17(2,11-22(16)3)13-5-4-6-14(10-13)18(19,20)21/h4-10H,11H2,1-3H3. The van der Waals surface area contributed by atoms with Gasteiger partial charge in [-0.2, -0.15) is 13.2 Å². The van der Waals surface area contributed by atoms with Crippen LogP contribution >= 0.6 is 0 Å². The van der Waals surface area contributed by atoms with Gasteiger partial charge in [-0.05, 0) is 37.1 Å². The number of benzene rings is 2. The number of aryl methyl sites for hydroxylation is 1. The summed E-state index contributed by atoms with van der Waals surface area (Å²) in [6.07, 6.45) is -4.31. The van der Waals surface area contributed by atoms with Crippen molar-refractivity contribution in [2.45, 2.75) is 25.4 Å². The van der Waals surface area contributed by atoms with Gasteiger partial charge in [0.2, 0.25) is 0 Å². The Morgan fingerprint density at radius 3 is 2.50 bits per heavy atom. The Bertz CT molecular complexity index is 721. The van der Waals surface area contributed by atoms with Crippen LogP contribution in [-0.2, 0) is 11.6 Å². The van der Waals surface area contributed by atoms with E-state index in [9.17, 15) is 13.2 Å². The van der Waals surface area contributed by atoms with Gasteiger partial charge in [0.15, 0.2) is 0 Å². The van der Waals surface area contributed by atoms with Crippen LogP contribution in [0.3, 0.4) is 0 Å². The Balaban J connectivity index is 2.15. The largest absolute Gasteiger partial charge is 0.416 e. The highest BCUT2D eigenvalue weighted by molar-refractivity contribution is 5.66. The van der Waals surface area contributed by atoms with E-state index in [1.165, 1.54) is 12.1 Å². The van der Waals surface area contributed by atoms with Crippen molar-refractivity contribution >= 4 is 5.69 Å². The predicted molar refractivity (Wildman–Crippen MR) is 82.3 cm³/mol. The minimum atomic E-state index is -4.31. The van der Waals surface area contributed by atoms with Crippen molar-refractivity contribution in [1.82, 2.24) is 0 Å². The van der Waals surface area contributed by atoms with Crippen LogP contribution in [0.4, 0.5) is 18.9 Å². The van der Waals surface area contributed by atoms with Gasteiger partial charge in [-0.15, -0.1) is 0 Å². The highest BCUT2D eigenvalue weighted by atomic mass is 19.4. The number of alkyl halides is 3. The summed E-state index contributed by atoms with van der Waals surface area (Å²) in [4.78, 5) is 2.11. The van der Waals surface area contributed by atoms with Crippen LogP contribution in [0.5, 0.6) is 0 Å². The average molecular weight is 305 g/mol. The highest BCUT2D eigenvalue weighted by Gasteiger charge is 2.40. The maximum atomic E-state index is 13.0. The van der Waals surface area contributed by atoms with Gasteiger partial charge in [0.25, 0.3) is 0 Å². The number of halogens is 3. The lowest BCUT2D eigenvalue weighted by atomic mass is 9.77. The molecule has 0 saturated carbocycles. The first-order valence-corrected chi connectivity index (χ1v) is 7.22. The predicted octanol–water partition coefficient (Wildman–Crippen LogP) is 4.77. The molecule has 4 heteroatoms. The minimum Gasteiger partial charge on any atom is -0.373 e. The third-order valence-electron chi connectivity index (χ3n) is 4.54. The van der Waals surface area contributed by atoms with Crippen molar-refractivity contribution in [3.8, 4) is 0 Å². The molecule has 0 aliphatic carbocycles. The van der Waals surface area contributed by atoms with Crippen molar-refractivity contribution in [1.29, 1.82) is 0 Å². The van der Waals surface area contributed by atoms with Crippen molar-refractivity contribution in [3.63, 3.8) is 0 Å². The van der Waals surface area contributed by atoms with E-state index in [1.54, 1.807) is 6.07 Å². The van der Waals surface area contributed by atoms with Crippen molar-refractivity contribution < 1.29 is 13.2 Å². The van der Waals surface area contributed by atoms with E-state index < -0.39 is 17.2 Å². The SMILES string of the molecule is Cc1ccc2c(c1)C(C)(c1cccc(C(F)(F)F)c1)CN2C. The summed E-state index contributed by atoms with van der Waals surface area (Å²) < 4.78 is 39.0. The molecular formula is C18H18F3N. The number of fused-ring (bicyclic) bond motifs is 1. The number of likely N-dealkylation sites (N-methyl/N-ethyl adjacent to an activating group) is 1. The maximum absolute atomic E-state index is 13.0. The molecule has 1 unspecified atom stereocenters. The van der Waals surface area contributed by atoms with E-state index in [1.807, 2.05) is 33.0 Å². The lowest BCUT2D eigenvalue weighted by Crippen LogP contribution is -2.30. The fourth-order valence-corrected chi connectivity index (χ4v) is 3.35. The van der Waals surface area contributed by atoms with Gasteiger partial charge in [0, 0.05) is 24.7 Å². The number of rotatable bonds is 1. The Hall–Kier alpha value is -1.97. The zero-order valence-corrected chi connectivity index (χ0v) is 12.8. The molecule has 1 atom stereocenters. The van der Waals surface area contributed by atoms with E-state index in [0.29, 0.717) is 12.1 Å². The molecule has 22 heavy (non-hydrogen) atoms. The van der Waals surface area contributed by atoms with Crippen LogP contribution in [0.1, 0.15) is 29.2 Å². The summed E-state index contributed by atoms with van der Waals surface area (Å²) in [5.41, 5.74) is 2.98. The van der Waals surface area contributed by atoms with Crippen LogP contribution in [0.25, 0.3) is 0 Å². The normalized spacial score (nSPS) is 21.1. The van der Waals surface area contributed by atoms with Crippen LogP contribution in [0.15, 0.2) is 42.5 Å². The molecule has 0 fully saturated rings. The molecule has 0 N–H and O–H groups in total. The molecule has 0 radical (unpaired) electrons. The third kappa shape index (κ3) is 2.27. The van der Waals surface area contributed by atoms with E-state index in [2.05, 4.69) is 11.0 Å². The summed E-state index contributed by atoms with van der Waals surface area (Å²) >= 11 is 0. The molecule has 2 aromatic rings. The van der Waals surface area contributed by atoms with E-state index >= 15 is 0 Å². The average Bonchev–Trinajstić information content (AvgIpc) is 2.70. The topological polar surface area (TPSA) is 3.24 Å². The van der Waals surface area contributed by atoms with Crippen LogP contribution in [0.2, 0.25) is 0 Å². The maximum Gasteiger partial charge on any atom is 0.416 e. The summed E-state index contributed by atoms with van der Waals surface area (Å²) in [6, 6.07) is 11.9. The third-order valence-corrected chi connectivity index (χ3v) is 4.54. The second-order valence-corrected chi connectivity index (χ2v) is 6.29. The molecule has 1 nitrogen and oxygen atoms in total. The summed E-state index contributed by atoms with van der Waals surface area (Å²) in [5.74, 6) is 0. The summed E-state index contributed by atoms with van der Waals surface area (Å²) in [7, 11) is 1.98. The zero-order chi connectivity index (χ0) is 16.1. The number of nitrogens with zero attached hydrogens (tertiary/aromatic N) is 1. The lowest BCUT2D eigenvalue weighted by Gasteiger charge is -2.27. The Morgan fingerprint density at radius 2 is 1.82 bits per heavy atom. The Morgan fingerprint density at radius 1 is 1.09 bits per heavy atom. The number of hydrogen-bond donors (Lipinski definition) is 0. The summed E-state index contributed by atoms with van der Waals surface area (Å²) in [6.45, 7) is 4.70. The van der Waals surface area contributed by atoms with E-state index in [4.69, 9.17) is 0 Å². The smallest absolute Gasteiger partial charge is 0.373 e. The highest BCUT2D eigenvalue weighted by Crippen LogP contribution is 2.45. The van der Waals surface area contributed by atoms with Gasteiger partial charge < -0.3 is 4.90 Å². The molecule has 0 aromatic heterocycles. The van der Waals surface area contributed by atoms with Crippen LogP contribution in [-0.4, -0.2) is 13.6 Å². The quantitative estimate of drug-likeness (QED) is 0.733. The van der Waals surface area contributed by atoms with Gasteiger partial charge in [-0.1, -0.05) is 35.9 Å². The second-order valence-electron chi connectivity index (χ2n) is 6.29. The molecule has 0 amide bonds. The van der Waals surface area contributed by atoms with Crippen LogP contribution in [0, 0.1) is 6.92 Å². The van der Waals surface area contributed by atoms with Gasteiger partial charge in [-0.3, -0.25) is 0 Å². The van der Waals surface area contributed by atoms with Gasteiger partial charge >= 0.3 is 6.18 Å². The molecule has 2 aromatic carbocycles.